The minimum Gasteiger partial charge on any atom is -0.478 e. The Morgan fingerprint density at radius 3 is 2.73 bits per heavy atom. The standard InChI is InChI=1S/C11H16O3S/c1-7(2)5-15-6-9-4-10(11(12)13)8(3)14-9/h4,7H,5-6H2,1-3H3,(H,12,13). The van der Waals surface area contributed by atoms with E-state index in [0.717, 1.165) is 17.3 Å². The van der Waals surface area contributed by atoms with Gasteiger partial charge in [0.05, 0.1) is 5.75 Å². The molecule has 4 heteroatoms. The first-order chi connectivity index (χ1) is 7.00. The summed E-state index contributed by atoms with van der Waals surface area (Å²) in [4.78, 5) is 10.8. The highest BCUT2D eigenvalue weighted by Gasteiger charge is 2.13. The van der Waals surface area contributed by atoms with Crippen molar-refractivity contribution in [1.29, 1.82) is 0 Å². The van der Waals surface area contributed by atoms with Crippen LogP contribution in [0.15, 0.2) is 10.5 Å². The van der Waals surface area contributed by atoms with E-state index in [-0.39, 0.29) is 5.56 Å². The minimum absolute atomic E-state index is 0.273. The third kappa shape index (κ3) is 3.63. The van der Waals surface area contributed by atoms with E-state index in [4.69, 9.17) is 9.52 Å². The second-order valence-corrected chi connectivity index (χ2v) is 4.93. The Kier molecular flexibility index (Phi) is 4.27. The Labute approximate surface area is 93.9 Å². The molecule has 15 heavy (non-hydrogen) atoms. The number of hydrogen-bond acceptors (Lipinski definition) is 3. The molecule has 0 aliphatic carbocycles. The summed E-state index contributed by atoms with van der Waals surface area (Å²) in [6, 6.07) is 1.62. The van der Waals surface area contributed by atoms with Crippen LogP contribution in [0.1, 0.15) is 35.7 Å². The lowest BCUT2D eigenvalue weighted by Crippen LogP contribution is -1.95. The average Bonchev–Trinajstić information content (AvgIpc) is 2.46. The quantitative estimate of drug-likeness (QED) is 0.841. The van der Waals surface area contributed by atoms with E-state index in [1.165, 1.54) is 0 Å². The molecule has 84 valence electrons. The molecule has 1 aromatic heterocycles. The predicted molar refractivity (Wildman–Crippen MR) is 61.4 cm³/mol. The number of aromatic carboxylic acids is 1. The topological polar surface area (TPSA) is 50.4 Å². The van der Waals surface area contributed by atoms with Gasteiger partial charge in [0, 0.05) is 0 Å². The zero-order valence-electron chi connectivity index (χ0n) is 9.24. The second-order valence-electron chi connectivity index (χ2n) is 3.90. The number of carbonyl (C=O) groups is 1. The molecule has 0 aromatic carbocycles. The maximum absolute atomic E-state index is 10.8. The SMILES string of the molecule is Cc1oc(CSCC(C)C)cc1C(=O)O. The van der Waals surface area contributed by atoms with E-state index < -0.39 is 5.97 Å². The zero-order valence-corrected chi connectivity index (χ0v) is 10.1. The summed E-state index contributed by atoms with van der Waals surface area (Å²) in [5, 5.41) is 8.83. The molecule has 0 atom stereocenters. The van der Waals surface area contributed by atoms with Gasteiger partial charge in [0.25, 0.3) is 0 Å². The number of aryl methyl sites for hydroxylation is 1. The Balaban J connectivity index is 2.56. The molecular weight excluding hydrogens is 212 g/mol. The van der Waals surface area contributed by atoms with E-state index in [9.17, 15) is 4.79 Å². The number of thioether (sulfide) groups is 1. The molecule has 0 fully saturated rings. The van der Waals surface area contributed by atoms with Crippen molar-refractivity contribution in [2.75, 3.05) is 5.75 Å². The summed E-state index contributed by atoms with van der Waals surface area (Å²) in [7, 11) is 0. The summed E-state index contributed by atoms with van der Waals surface area (Å²) in [6.07, 6.45) is 0. The number of furan rings is 1. The van der Waals surface area contributed by atoms with Crippen LogP contribution in [0.4, 0.5) is 0 Å². The molecule has 0 radical (unpaired) electrons. The third-order valence-corrected chi connectivity index (χ3v) is 3.29. The van der Waals surface area contributed by atoms with Crippen LogP contribution in [-0.4, -0.2) is 16.8 Å². The van der Waals surface area contributed by atoms with Gasteiger partial charge in [0.15, 0.2) is 0 Å². The van der Waals surface area contributed by atoms with Crippen LogP contribution in [0.5, 0.6) is 0 Å². The largest absolute Gasteiger partial charge is 0.478 e. The van der Waals surface area contributed by atoms with Crippen LogP contribution in [0.25, 0.3) is 0 Å². The zero-order chi connectivity index (χ0) is 11.4. The van der Waals surface area contributed by atoms with Crippen LogP contribution in [-0.2, 0) is 5.75 Å². The number of rotatable bonds is 5. The van der Waals surface area contributed by atoms with Gasteiger partial charge in [-0.05, 0) is 24.7 Å². The van der Waals surface area contributed by atoms with Crippen LogP contribution < -0.4 is 0 Å². The molecule has 1 rings (SSSR count). The molecule has 0 unspecified atom stereocenters. The first kappa shape index (κ1) is 12.2. The highest BCUT2D eigenvalue weighted by Crippen LogP contribution is 2.20. The molecule has 3 nitrogen and oxygen atoms in total. The van der Waals surface area contributed by atoms with E-state index in [1.807, 2.05) is 0 Å². The van der Waals surface area contributed by atoms with E-state index >= 15 is 0 Å². The number of carboxylic acid groups (broad SMARTS) is 1. The fourth-order valence-electron chi connectivity index (χ4n) is 1.22. The molecular formula is C11H16O3S. The molecule has 0 aliphatic heterocycles. The molecule has 0 saturated heterocycles. The molecule has 0 aliphatic rings. The van der Waals surface area contributed by atoms with Crippen molar-refractivity contribution in [3.05, 3.63) is 23.2 Å². The summed E-state index contributed by atoms with van der Waals surface area (Å²) >= 11 is 1.76. The second kappa shape index (κ2) is 5.26. The van der Waals surface area contributed by atoms with Gasteiger partial charge in [-0.1, -0.05) is 13.8 Å². The van der Waals surface area contributed by atoms with E-state index in [1.54, 1.807) is 24.8 Å². The van der Waals surface area contributed by atoms with Crippen LogP contribution in [0.3, 0.4) is 0 Å². The first-order valence-electron chi connectivity index (χ1n) is 4.91. The lowest BCUT2D eigenvalue weighted by Gasteiger charge is -2.01. The van der Waals surface area contributed by atoms with Crippen LogP contribution in [0.2, 0.25) is 0 Å². The van der Waals surface area contributed by atoms with Gasteiger partial charge < -0.3 is 9.52 Å². The number of carboxylic acids is 1. The van der Waals surface area contributed by atoms with Gasteiger partial charge in [0.1, 0.15) is 17.1 Å². The Morgan fingerprint density at radius 1 is 1.60 bits per heavy atom. The molecule has 1 aromatic rings. The minimum atomic E-state index is -0.920. The van der Waals surface area contributed by atoms with Gasteiger partial charge in [0.2, 0.25) is 0 Å². The van der Waals surface area contributed by atoms with Crippen molar-refractivity contribution >= 4 is 17.7 Å². The van der Waals surface area contributed by atoms with Crippen LogP contribution in [0, 0.1) is 12.8 Å². The van der Waals surface area contributed by atoms with Crippen molar-refractivity contribution < 1.29 is 14.3 Å². The molecule has 1 heterocycles. The third-order valence-electron chi connectivity index (χ3n) is 1.89. The fourth-order valence-corrected chi connectivity index (χ4v) is 2.16. The van der Waals surface area contributed by atoms with Gasteiger partial charge in [-0.25, -0.2) is 4.79 Å². The normalized spacial score (nSPS) is 10.9. The molecule has 0 bridgehead atoms. The maximum atomic E-state index is 10.8. The highest BCUT2D eigenvalue weighted by atomic mass is 32.2. The summed E-state index contributed by atoms with van der Waals surface area (Å²) in [5.41, 5.74) is 0.273. The molecule has 0 saturated carbocycles. The number of hydrogen-bond donors (Lipinski definition) is 1. The van der Waals surface area contributed by atoms with E-state index in [2.05, 4.69) is 13.8 Å². The van der Waals surface area contributed by atoms with Crippen molar-refractivity contribution in [3.8, 4) is 0 Å². The Morgan fingerprint density at radius 2 is 2.27 bits per heavy atom. The molecule has 1 N–H and O–H groups in total. The molecule has 0 amide bonds. The lowest BCUT2D eigenvalue weighted by molar-refractivity contribution is 0.0695. The van der Waals surface area contributed by atoms with E-state index in [0.29, 0.717) is 11.7 Å². The Bertz CT molecular complexity index is 342. The van der Waals surface area contributed by atoms with Crippen molar-refractivity contribution in [2.24, 2.45) is 5.92 Å². The van der Waals surface area contributed by atoms with Gasteiger partial charge in [-0.3, -0.25) is 0 Å². The van der Waals surface area contributed by atoms with Crippen LogP contribution >= 0.6 is 11.8 Å². The smallest absolute Gasteiger partial charge is 0.339 e. The Hall–Kier alpha value is -0.900. The maximum Gasteiger partial charge on any atom is 0.339 e. The van der Waals surface area contributed by atoms with Crippen molar-refractivity contribution in [2.45, 2.75) is 26.5 Å². The average molecular weight is 228 g/mol. The highest BCUT2D eigenvalue weighted by molar-refractivity contribution is 7.98. The van der Waals surface area contributed by atoms with Crippen molar-refractivity contribution in [3.63, 3.8) is 0 Å². The monoisotopic (exact) mass is 228 g/mol. The van der Waals surface area contributed by atoms with Gasteiger partial charge >= 0.3 is 5.97 Å². The molecule has 0 spiro atoms. The van der Waals surface area contributed by atoms with Crippen molar-refractivity contribution in [1.82, 2.24) is 0 Å². The fraction of sp³-hybridized carbons (Fsp3) is 0.545. The predicted octanol–water partition coefficient (Wildman–Crippen LogP) is 3.18. The first-order valence-corrected chi connectivity index (χ1v) is 6.06. The lowest BCUT2D eigenvalue weighted by atomic mass is 10.2. The summed E-state index contributed by atoms with van der Waals surface area (Å²) in [5.74, 6) is 2.76. The van der Waals surface area contributed by atoms with Gasteiger partial charge in [-0.2, -0.15) is 11.8 Å². The summed E-state index contributed by atoms with van der Waals surface area (Å²) in [6.45, 7) is 5.99. The van der Waals surface area contributed by atoms with Gasteiger partial charge in [-0.15, -0.1) is 0 Å². The summed E-state index contributed by atoms with van der Waals surface area (Å²) < 4.78 is 5.36.